The highest BCUT2D eigenvalue weighted by Crippen LogP contribution is 2.49. The Bertz CT molecular complexity index is 322. The Kier molecular flexibility index (Phi) is 3.66. The largest absolute Gasteiger partial charge is 0.503 e. The molecule has 0 radical (unpaired) electrons. The van der Waals surface area contributed by atoms with Gasteiger partial charge in [0, 0.05) is 0 Å². The molecule has 0 amide bonds. The van der Waals surface area contributed by atoms with Crippen LogP contribution < -0.4 is 4.29 Å². The van der Waals surface area contributed by atoms with Gasteiger partial charge in [0.15, 0.2) is 5.75 Å². The summed E-state index contributed by atoms with van der Waals surface area (Å²) in [4.78, 5) is 0. The van der Waals surface area contributed by atoms with Crippen molar-refractivity contribution >= 4 is 58.3 Å². The molecule has 1 N–H and O–H groups in total. The number of phenolic OH excluding ortho intramolecular Hbond substituents is 1. The molecule has 0 aliphatic heterocycles. The molecule has 0 fully saturated rings. The molecule has 0 aliphatic rings. The SMILES string of the molecule is Oc1c(Cl)c(Cl)c(Cl)c(Cl)c1OCl. The summed E-state index contributed by atoms with van der Waals surface area (Å²) in [6.45, 7) is 0. The zero-order chi connectivity index (χ0) is 10.2. The fourth-order valence-corrected chi connectivity index (χ4v) is 1.72. The highest BCUT2D eigenvalue weighted by atomic mass is 35.5. The van der Waals surface area contributed by atoms with E-state index < -0.39 is 5.75 Å². The van der Waals surface area contributed by atoms with Crippen LogP contribution in [0, 0.1) is 0 Å². The van der Waals surface area contributed by atoms with Crippen LogP contribution in [0.15, 0.2) is 0 Å². The third kappa shape index (κ3) is 1.88. The minimum absolute atomic E-state index is 0.0261. The first-order chi connectivity index (χ1) is 6.00. The van der Waals surface area contributed by atoms with Crippen molar-refractivity contribution in [3.8, 4) is 11.5 Å². The number of hydrogen-bond donors (Lipinski definition) is 1. The molecule has 2 nitrogen and oxygen atoms in total. The van der Waals surface area contributed by atoms with Gasteiger partial charge in [0.25, 0.3) is 0 Å². The second-order valence-corrected chi connectivity index (χ2v) is 3.68. The van der Waals surface area contributed by atoms with Gasteiger partial charge >= 0.3 is 0 Å². The van der Waals surface area contributed by atoms with E-state index in [1.165, 1.54) is 0 Å². The highest BCUT2D eigenvalue weighted by Gasteiger charge is 2.21. The molecule has 1 rings (SSSR count). The van der Waals surface area contributed by atoms with Crippen LogP contribution in [-0.4, -0.2) is 5.11 Å². The van der Waals surface area contributed by atoms with Crippen LogP contribution >= 0.6 is 58.3 Å². The molecular formula is C6HCl5O2. The van der Waals surface area contributed by atoms with E-state index in [-0.39, 0.29) is 25.8 Å². The minimum Gasteiger partial charge on any atom is -0.503 e. The summed E-state index contributed by atoms with van der Waals surface area (Å²) in [6.07, 6.45) is 0. The lowest BCUT2D eigenvalue weighted by Crippen LogP contribution is -1.83. The van der Waals surface area contributed by atoms with Crippen molar-refractivity contribution < 1.29 is 9.40 Å². The molecule has 1 aromatic carbocycles. The van der Waals surface area contributed by atoms with Gasteiger partial charge in [-0.05, 0) is 0 Å². The maximum atomic E-state index is 9.31. The van der Waals surface area contributed by atoms with E-state index in [9.17, 15) is 5.11 Å². The lowest BCUT2D eigenvalue weighted by atomic mass is 10.3. The van der Waals surface area contributed by atoms with Crippen LogP contribution in [0.4, 0.5) is 0 Å². The average Bonchev–Trinajstić information content (AvgIpc) is 2.13. The molecule has 1 aromatic rings. The van der Waals surface area contributed by atoms with Crippen LogP contribution in [0.3, 0.4) is 0 Å². The second kappa shape index (κ2) is 4.20. The normalized spacial score (nSPS) is 10.2. The second-order valence-electron chi connectivity index (χ2n) is 2.01. The Morgan fingerprint density at radius 1 is 0.846 bits per heavy atom. The lowest BCUT2D eigenvalue weighted by molar-refractivity contribution is 0.447. The van der Waals surface area contributed by atoms with Crippen LogP contribution in [0.5, 0.6) is 11.5 Å². The van der Waals surface area contributed by atoms with Gasteiger partial charge in [0.2, 0.25) is 5.75 Å². The van der Waals surface area contributed by atoms with Crippen molar-refractivity contribution in [2.75, 3.05) is 0 Å². The van der Waals surface area contributed by atoms with Crippen molar-refractivity contribution in [2.45, 2.75) is 0 Å². The molecule has 0 saturated heterocycles. The van der Waals surface area contributed by atoms with Gasteiger partial charge in [-0.3, -0.25) is 0 Å². The molecule has 0 bridgehead atoms. The summed E-state index contributed by atoms with van der Waals surface area (Å²) in [5.74, 6) is -0.668. The molecule has 72 valence electrons. The first-order valence-corrected chi connectivity index (χ1v) is 4.66. The maximum Gasteiger partial charge on any atom is 0.209 e. The van der Waals surface area contributed by atoms with Crippen molar-refractivity contribution in [2.24, 2.45) is 0 Å². The smallest absolute Gasteiger partial charge is 0.209 e. The third-order valence-corrected chi connectivity index (χ3v) is 3.21. The Morgan fingerprint density at radius 3 is 1.77 bits per heavy atom. The van der Waals surface area contributed by atoms with E-state index in [0.29, 0.717) is 0 Å². The Morgan fingerprint density at radius 2 is 1.31 bits per heavy atom. The topological polar surface area (TPSA) is 29.5 Å². The third-order valence-electron chi connectivity index (χ3n) is 1.28. The van der Waals surface area contributed by atoms with Gasteiger partial charge < -0.3 is 9.40 Å². The van der Waals surface area contributed by atoms with Gasteiger partial charge in [-0.15, -0.1) is 0 Å². The number of rotatable bonds is 1. The summed E-state index contributed by atoms with van der Waals surface area (Å²) < 4.78 is 4.26. The summed E-state index contributed by atoms with van der Waals surface area (Å²) in [5, 5.41) is 8.98. The zero-order valence-electron chi connectivity index (χ0n) is 5.75. The Balaban J connectivity index is 3.56. The Hall–Kier alpha value is 0.270. The van der Waals surface area contributed by atoms with E-state index in [1.54, 1.807) is 0 Å². The number of halogens is 5. The van der Waals surface area contributed by atoms with Crippen molar-refractivity contribution in [1.82, 2.24) is 0 Å². The number of aromatic hydroxyl groups is 1. The van der Waals surface area contributed by atoms with Crippen LogP contribution in [-0.2, 0) is 0 Å². The molecule has 0 heterocycles. The maximum absolute atomic E-state index is 9.31. The van der Waals surface area contributed by atoms with Crippen LogP contribution in [0.25, 0.3) is 0 Å². The summed E-state index contributed by atoms with van der Waals surface area (Å²) in [7, 11) is 0. The molecule has 0 aromatic heterocycles. The van der Waals surface area contributed by atoms with Gasteiger partial charge in [-0.1, -0.05) is 46.4 Å². The quantitative estimate of drug-likeness (QED) is 0.605. The number of benzene rings is 1. The van der Waals surface area contributed by atoms with E-state index in [2.05, 4.69) is 4.29 Å². The monoisotopic (exact) mass is 280 g/mol. The van der Waals surface area contributed by atoms with Gasteiger partial charge in [-0.25, -0.2) is 0 Å². The summed E-state index contributed by atoms with van der Waals surface area (Å²) in [6, 6.07) is 0. The molecule has 0 saturated carbocycles. The predicted molar refractivity (Wildman–Crippen MR) is 54.6 cm³/mol. The Labute approximate surface area is 99.0 Å². The zero-order valence-corrected chi connectivity index (χ0v) is 9.52. The molecule has 0 atom stereocenters. The van der Waals surface area contributed by atoms with E-state index >= 15 is 0 Å². The highest BCUT2D eigenvalue weighted by molar-refractivity contribution is 6.53. The minimum atomic E-state index is -0.448. The molecular weight excluding hydrogens is 281 g/mol. The fraction of sp³-hybridized carbons (Fsp3) is 0. The summed E-state index contributed by atoms with van der Waals surface area (Å²) in [5.41, 5.74) is 0. The average molecular weight is 282 g/mol. The predicted octanol–water partition coefficient (Wildman–Crippen LogP) is 4.54. The molecule has 0 spiro atoms. The summed E-state index contributed by atoms with van der Waals surface area (Å²) >= 11 is 27.5. The van der Waals surface area contributed by atoms with Crippen molar-refractivity contribution in [3.05, 3.63) is 20.1 Å². The molecule has 7 heteroatoms. The lowest BCUT2D eigenvalue weighted by Gasteiger charge is -2.08. The molecule has 13 heavy (non-hydrogen) atoms. The van der Waals surface area contributed by atoms with Gasteiger partial charge in [0.1, 0.15) is 21.9 Å². The van der Waals surface area contributed by atoms with Crippen molar-refractivity contribution in [3.63, 3.8) is 0 Å². The first-order valence-electron chi connectivity index (χ1n) is 2.84. The number of hydrogen-bond acceptors (Lipinski definition) is 2. The van der Waals surface area contributed by atoms with Crippen molar-refractivity contribution in [1.29, 1.82) is 0 Å². The van der Waals surface area contributed by atoms with E-state index in [1.807, 2.05) is 0 Å². The van der Waals surface area contributed by atoms with Gasteiger partial charge in [0.05, 0.1) is 10.0 Å². The van der Waals surface area contributed by atoms with Gasteiger partial charge in [-0.2, -0.15) is 0 Å². The van der Waals surface area contributed by atoms with E-state index in [4.69, 9.17) is 58.3 Å². The van der Waals surface area contributed by atoms with E-state index in [0.717, 1.165) is 0 Å². The number of phenols is 1. The first kappa shape index (κ1) is 11.3. The molecule has 0 aliphatic carbocycles. The molecule has 0 unspecified atom stereocenters. The van der Waals surface area contributed by atoms with Crippen LogP contribution in [0.2, 0.25) is 20.1 Å². The fourth-order valence-electron chi connectivity index (χ4n) is 0.670. The van der Waals surface area contributed by atoms with Crippen LogP contribution in [0.1, 0.15) is 0 Å². The standard InChI is InChI=1S/C6HCl5O2/c7-1-2(8)4(10)6(13-11)5(12)3(1)9/h12H.